The molecule has 1 fully saturated rings. The largest absolute Gasteiger partial charge is 0.405 e. The lowest BCUT2D eigenvalue weighted by atomic mass is 10.2. The third kappa shape index (κ3) is 6.68. The van der Waals surface area contributed by atoms with E-state index in [0.29, 0.717) is 0 Å². The van der Waals surface area contributed by atoms with Crippen LogP contribution in [-0.2, 0) is 19.6 Å². The maximum Gasteiger partial charge on any atom is 0.405 e. The Bertz CT molecular complexity index is 833. The molecular weight excluding hydrogens is 415 g/mol. The molecule has 162 valence electrons. The first-order valence-electron chi connectivity index (χ1n) is 8.76. The normalized spacial score (nSPS) is 20.9. The lowest BCUT2D eigenvalue weighted by molar-refractivity contribution is -0.137. The molecule has 1 aromatic rings. The van der Waals surface area contributed by atoms with Crippen LogP contribution in [0.5, 0.6) is 0 Å². The van der Waals surface area contributed by atoms with Crippen molar-refractivity contribution >= 4 is 21.8 Å². The van der Waals surface area contributed by atoms with E-state index in [2.05, 4.69) is 5.32 Å². The molecule has 1 saturated heterocycles. The van der Waals surface area contributed by atoms with Crippen molar-refractivity contribution in [2.75, 3.05) is 26.2 Å². The fourth-order valence-electron chi connectivity index (χ4n) is 2.78. The number of amides is 2. The van der Waals surface area contributed by atoms with Gasteiger partial charge in [0.05, 0.1) is 23.6 Å². The summed E-state index contributed by atoms with van der Waals surface area (Å²) in [7, 11) is -3.77. The number of morpholine rings is 1. The van der Waals surface area contributed by atoms with Gasteiger partial charge in [-0.15, -0.1) is 0 Å². The quantitative estimate of drug-likeness (QED) is 0.688. The van der Waals surface area contributed by atoms with Crippen LogP contribution in [0.15, 0.2) is 29.2 Å². The molecule has 1 aliphatic rings. The highest BCUT2D eigenvalue weighted by molar-refractivity contribution is 7.89. The van der Waals surface area contributed by atoms with Crippen molar-refractivity contribution in [2.24, 2.45) is 0 Å². The lowest BCUT2D eigenvalue weighted by Gasteiger charge is -2.34. The van der Waals surface area contributed by atoms with Gasteiger partial charge in [0, 0.05) is 18.7 Å². The Hall–Kier alpha value is -2.18. The highest BCUT2D eigenvalue weighted by atomic mass is 32.2. The second-order valence-electron chi connectivity index (χ2n) is 6.68. The minimum absolute atomic E-state index is 0.00160. The summed E-state index contributed by atoms with van der Waals surface area (Å²) in [6.07, 6.45) is -5.04. The van der Waals surface area contributed by atoms with Crippen molar-refractivity contribution in [3.63, 3.8) is 0 Å². The Morgan fingerprint density at radius 3 is 2.17 bits per heavy atom. The number of hydrogen-bond donors (Lipinski definition) is 2. The van der Waals surface area contributed by atoms with Crippen LogP contribution in [0.25, 0.3) is 0 Å². The Morgan fingerprint density at radius 2 is 1.66 bits per heavy atom. The van der Waals surface area contributed by atoms with Gasteiger partial charge in [-0.1, -0.05) is 0 Å². The molecule has 2 atom stereocenters. The molecule has 29 heavy (non-hydrogen) atoms. The summed E-state index contributed by atoms with van der Waals surface area (Å²) in [6, 6.07) is 5.06. The highest BCUT2D eigenvalue weighted by Gasteiger charge is 2.32. The molecule has 1 heterocycles. The monoisotopic (exact) mass is 437 g/mol. The van der Waals surface area contributed by atoms with Crippen molar-refractivity contribution in [2.45, 2.75) is 37.1 Å². The second kappa shape index (κ2) is 9.09. The third-order valence-corrected chi connectivity index (χ3v) is 5.88. The van der Waals surface area contributed by atoms with Gasteiger partial charge in [0.15, 0.2) is 0 Å². The molecule has 2 amide bonds. The van der Waals surface area contributed by atoms with Crippen molar-refractivity contribution in [3.8, 4) is 0 Å². The third-order valence-electron chi connectivity index (χ3n) is 4.04. The van der Waals surface area contributed by atoms with Crippen LogP contribution in [-0.4, -0.2) is 69.1 Å². The van der Waals surface area contributed by atoms with E-state index in [1.165, 1.54) is 28.6 Å². The molecule has 0 unspecified atom stereocenters. The summed E-state index contributed by atoms with van der Waals surface area (Å²) in [4.78, 5) is 23.3. The van der Waals surface area contributed by atoms with Crippen LogP contribution in [0, 0.1) is 0 Å². The Morgan fingerprint density at radius 1 is 1.10 bits per heavy atom. The lowest BCUT2D eigenvalue weighted by Crippen LogP contribution is -2.48. The molecule has 0 saturated carbocycles. The van der Waals surface area contributed by atoms with Gasteiger partial charge in [0.25, 0.3) is 5.91 Å². The number of nitrogens with one attached hydrogen (secondary N) is 2. The van der Waals surface area contributed by atoms with Crippen molar-refractivity contribution in [1.82, 2.24) is 14.9 Å². The molecule has 0 radical (unpaired) electrons. The fraction of sp³-hybridized carbons (Fsp3) is 0.529. The molecule has 2 N–H and O–H groups in total. The van der Waals surface area contributed by atoms with Gasteiger partial charge in [-0.25, -0.2) is 8.42 Å². The van der Waals surface area contributed by atoms with Crippen LogP contribution in [0.1, 0.15) is 24.2 Å². The van der Waals surface area contributed by atoms with Crippen LogP contribution in [0.4, 0.5) is 13.2 Å². The molecule has 8 nitrogen and oxygen atoms in total. The van der Waals surface area contributed by atoms with Crippen LogP contribution in [0.3, 0.4) is 0 Å². The molecule has 0 bridgehead atoms. The predicted octanol–water partition coefficient (Wildman–Crippen LogP) is 0.893. The number of alkyl halides is 3. The first-order chi connectivity index (χ1) is 13.4. The number of carbonyl (C=O) groups is 2. The molecule has 2 rings (SSSR count). The van der Waals surface area contributed by atoms with Crippen molar-refractivity contribution in [1.29, 1.82) is 0 Å². The highest BCUT2D eigenvalue weighted by Crippen LogP contribution is 2.21. The summed E-state index contributed by atoms with van der Waals surface area (Å²) < 4.78 is 68.4. The van der Waals surface area contributed by atoms with E-state index in [0.717, 1.165) is 0 Å². The summed E-state index contributed by atoms with van der Waals surface area (Å²) >= 11 is 0. The molecule has 1 aliphatic heterocycles. The predicted molar refractivity (Wildman–Crippen MR) is 96.6 cm³/mol. The maximum absolute atomic E-state index is 12.8. The Labute approximate surface area is 166 Å². The smallest absolute Gasteiger partial charge is 0.373 e. The van der Waals surface area contributed by atoms with E-state index in [9.17, 15) is 31.2 Å². The summed E-state index contributed by atoms with van der Waals surface area (Å²) in [6.45, 7) is 1.84. The van der Waals surface area contributed by atoms with Gasteiger partial charge < -0.3 is 15.4 Å². The zero-order chi connectivity index (χ0) is 21.8. The van der Waals surface area contributed by atoms with Crippen LogP contribution < -0.4 is 10.6 Å². The molecule has 0 aliphatic carbocycles. The van der Waals surface area contributed by atoms with Crippen molar-refractivity contribution in [3.05, 3.63) is 29.8 Å². The van der Waals surface area contributed by atoms with E-state index in [-0.39, 0.29) is 35.8 Å². The summed E-state index contributed by atoms with van der Waals surface area (Å²) in [5.74, 6) is -1.71. The number of halogens is 3. The van der Waals surface area contributed by atoms with E-state index in [4.69, 9.17) is 4.74 Å². The van der Waals surface area contributed by atoms with Gasteiger partial charge in [0.1, 0.15) is 6.54 Å². The number of ether oxygens (including phenoxy) is 1. The van der Waals surface area contributed by atoms with Gasteiger partial charge in [0.2, 0.25) is 15.9 Å². The zero-order valence-corrected chi connectivity index (χ0v) is 16.6. The average molecular weight is 437 g/mol. The van der Waals surface area contributed by atoms with E-state index in [1.807, 2.05) is 0 Å². The average Bonchev–Trinajstić information content (AvgIpc) is 2.63. The maximum atomic E-state index is 12.8. The van der Waals surface area contributed by atoms with E-state index >= 15 is 0 Å². The zero-order valence-electron chi connectivity index (χ0n) is 15.8. The summed E-state index contributed by atoms with van der Waals surface area (Å²) in [5, 5.41) is 3.80. The SMILES string of the molecule is C[C@@H]1CN(S(=O)(=O)c2ccc(C(=O)NCC(=O)NCC(F)(F)F)cc2)C[C@H](C)O1. The minimum Gasteiger partial charge on any atom is -0.373 e. The number of hydrogen-bond acceptors (Lipinski definition) is 5. The number of rotatable bonds is 6. The molecule has 0 spiro atoms. The second-order valence-corrected chi connectivity index (χ2v) is 8.62. The van der Waals surface area contributed by atoms with E-state index < -0.39 is 41.1 Å². The van der Waals surface area contributed by atoms with Gasteiger partial charge in [-0.3, -0.25) is 9.59 Å². The molecule has 12 heteroatoms. The molecule has 0 aromatic heterocycles. The van der Waals surface area contributed by atoms with Gasteiger partial charge in [-0.2, -0.15) is 17.5 Å². The van der Waals surface area contributed by atoms with Gasteiger partial charge >= 0.3 is 6.18 Å². The van der Waals surface area contributed by atoms with Crippen LogP contribution >= 0.6 is 0 Å². The fourth-order valence-corrected chi connectivity index (χ4v) is 4.37. The molecule has 1 aromatic carbocycles. The minimum atomic E-state index is -4.54. The first kappa shape index (κ1) is 23.1. The van der Waals surface area contributed by atoms with E-state index in [1.54, 1.807) is 19.2 Å². The van der Waals surface area contributed by atoms with Crippen LogP contribution in [0.2, 0.25) is 0 Å². The Balaban J connectivity index is 1.97. The van der Waals surface area contributed by atoms with Gasteiger partial charge in [-0.05, 0) is 38.1 Å². The summed E-state index contributed by atoms with van der Waals surface area (Å²) in [5.41, 5.74) is 0.0660. The standard InChI is InChI=1S/C17H22F3N3O5S/c1-11-8-23(9-12(2)28-11)29(26,27)14-5-3-13(4-6-14)16(25)21-7-15(24)22-10-17(18,19)20/h3-6,11-12H,7-10H2,1-2H3,(H,21,25)(H,22,24)/t11-,12+. The number of carbonyl (C=O) groups excluding carboxylic acids is 2. The molecular formula is C17H22F3N3O5S. The Kier molecular flexibility index (Phi) is 7.25. The number of nitrogens with zero attached hydrogens (tertiary/aromatic N) is 1. The number of benzene rings is 1. The number of sulfonamides is 1. The topological polar surface area (TPSA) is 105 Å². The van der Waals surface area contributed by atoms with Crippen molar-refractivity contribution < 1.29 is 35.9 Å². The first-order valence-corrected chi connectivity index (χ1v) is 10.2.